The summed E-state index contributed by atoms with van der Waals surface area (Å²) in [5.41, 5.74) is 1.69. The van der Waals surface area contributed by atoms with Gasteiger partial charge >= 0.3 is 4.87 Å². The SMILES string of the molecule is COc1ccc([C@@H]2c3sc(=O)[nH]c3S[C@@H]3[C@H]4C[C@@H]([C@@H]5C(=O)N(c6ccccc6)C(=O)[C@H]45)[C@H]23)cc1OC. The molecule has 1 aromatic heterocycles. The lowest BCUT2D eigenvalue weighted by atomic mass is 9.68. The molecule has 184 valence electrons. The van der Waals surface area contributed by atoms with E-state index >= 15 is 0 Å². The fraction of sp³-hybridized carbons (Fsp3) is 0.370. The first-order chi connectivity index (χ1) is 17.5. The van der Waals surface area contributed by atoms with Crippen molar-refractivity contribution >= 4 is 40.6 Å². The number of carbonyl (C=O) groups is 2. The number of amides is 2. The van der Waals surface area contributed by atoms with Gasteiger partial charge in [-0.3, -0.25) is 19.3 Å². The molecule has 3 aromatic rings. The first-order valence-corrected chi connectivity index (χ1v) is 13.8. The van der Waals surface area contributed by atoms with Crippen LogP contribution in [0.25, 0.3) is 0 Å². The topological polar surface area (TPSA) is 88.7 Å². The van der Waals surface area contributed by atoms with Crippen LogP contribution in [0, 0.1) is 29.6 Å². The Morgan fingerprint density at radius 1 is 0.917 bits per heavy atom. The molecule has 2 aliphatic heterocycles. The Morgan fingerprint density at radius 3 is 2.36 bits per heavy atom. The van der Waals surface area contributed by atoms with Crippen molar-refractivity contribution in [1.29, 1.82) is 0 Å². The van der Waals surface area contributed by atoms with E-state index in [9.17, 15) is 14.4 Å². The zero-order chi connectivity index (χ0) is 24.7. The molecule has 2 bridgehead atoms. The number of carbonyl (C=O) groups excluding carboxylic acids is 2. The second kappa shape index (κ2) is 7.98. The second-order valence-electron chi connectivity index (χ2n) is 9.92. The largest absolute Gasteiger partial charge is 0.493 e. The Bertz CT molecular complexity index is 1450. The Morgan fingerprint density at radius 2 is 1.64 bits per heavy atom. The van der Waals surface area contributed by atoms with E-state index < -0.39 is 0 Å². The number of benzene rings is 2. The fourth-order valence-electron chi connectivity index (χ4n) is 7.27. The minimum Gasteiger partial charge on any atom is -0.493 e. The summed E-state index contributed by atoms with van der Waals surface area (Å²) in [6.07, 6.45) is 0.862. The van der Waals surface area contributed by atoms with E-state index in [1.54, 1.807) is 26.0 Å². The van der Waals surface area contributed by atoms with Crippen LogP contribution in [-0.2, 0) is 9.59 Å². The zero-order valence-corrected chi connectivity index (χ0v) is 21.3. The first kappa shape index (κ1) is 22.2. The molecule has 2 saturated carbocycles. The lowest BCUT2D eigenvalue weighted by Gasteiger charge is -2.43. The van der Waals surface area contributed by atoms with Crippen molar-refractivity contribution < 1.29 is 19.1 Å². The van der Waals surface area contributed by atoms with Crippen molar-refractivity contribution in [2.75, 3.05) is 19.1 Å². The summed E-state index contributed by atoms with van der Waals surface area (Å²) >= 11 is 2.94. The van der Waals surface area contributed by atoms with Crippen LogP contribution in [0.5, 0.6) is 11.5 Å². The Labute approximate surface area is 215 Å². The number of hydrogen-bond donors (Lipinski definition) is 1. The summed E-state index contributed by atoms with van der Waals surface area (Å²) in [5, 5.41) is 1.05. The smallest absolute Gasteiger partial charge is 0.305 e. The number of imide groups is 1. The van der Waals surface area contributed by atoms with Gasteiger partial charge in [0.25, 0.3) is 0 Å². The highest BCUT2D eigenvalue weighted by Crippen LogP contribution is 2.68. The number of nitrogens with zero attached hydrogens (tertiary/aromatic N) is 1. The average Bonchev–Trinajstić information content (AvgIpc) is 3.62. The fourth-order valence-corrected chi connectivity index (χ4v) is 10.2. The first-order valence-electron chi connectivity index (χ1n) is 12.1. The van der Waals surface area contributed by atoms with Crippen LogP contribution in [0.2, 0.25) is 0 Å². The molecule has 3 fully saturated rings. The van der Waals surface area contributed by atoms with Crippen molar-refractivity contribution in [1.82, 2.24) is 4.98 Å². The monoisotopic (exact) mass is 520 g/mol. The zero-order valence-electron chi connectivity index (χ0n) is 19.7. The van der Waals surface area contributed by atoms with Crippen LogP contribution >= 0.6 is 23.1 Å². The number of methoxy groups -OCH3 is 2. The van der Waals surface area contributed by atoms with Gasteiger partial charge in [0.2, 0.25) is 11.8 Å². The van der Waals surface area contributed by atoms with Crippen LogP contribution in [0.4, 0.5) is 5.69 Å². The van der Waals surface area contributed by atoms with Crippen LogP contribution in [-0.4, -0.2) is 36.3 Å². The Hall–Kier alpha value is -3.04. The van der Waals surface area contributed by atoms with Gasteiger partial charge in [-0.2, -0.15) is 0 Å². The minimum absolute atomic E-state index is 0.0559. The molecule has 36 heavy (non-hydrogen) atoms. The molecule has 1 saturated heterocycles. The number of anilines is 1. The van der Waals surface area contributed by atoms with Crippen LogP contribution < -0.4 is 19.2 Å². The molecular weight excluding hydrogens is 496 g/mol. The summed E-state index contributed by atoms with van der Waals surface area (Å²) in [6, 6.07) is 15.2. The van der Waals surface area contributed by atoms with E-state index in [0.717, 1.165) is 21.9 Å². The van der Waals surface area contributed by atoms with Gasteiger partial charge < -0.3 is 14.5 Å². The van der Waals surface area contributed by atoms with Crippen molar-refractivity contribution in [3.05, 3.63) is 68.6 Å². The molecule has 3 heterocycles. The third-order valence-electron chi connectivity index (χ3n) is 8.51. The van der Waals surface area contributed by atoms with Gasteiger partial charge in [-0.25, -0.2) is 0 Å². The van der Waals surface area contributed by atoms with Crippen LogP contribution in [0.1, 0.15) is 22.8 Å². The maximum Gasteiger partial charge on any atom is 0.305 e. The van der Waals surface area contributed by atoms with E-state index in [1.165, 1.54) is 16.2 Å². The predicted octanol–water partition coefficient (Wildman–Crippen LogP) is 4.13. The number of ether oxygens (including phenoxy) is 2. The number of fused-ring (bicyclic) bond motifs is 9. The van der Waals surface area contributed by atoms with E-state index in [0.29, 0.717) is 17.2 Å². The third kappa shape index (κ3) is 2.90. The van der Waals surface area contributed by atoms with E-state index in [1.807, 2.05) is 48.5 Å². The maximum atomic E-state index is 13.7. The maximum absolute atomic E-state index is 13.7. The molecule has 4 aliphatic rings. The number of thioether (sulfide) groups is 1. The number of aromatic amines is 1. The van der Waals surface area contributed by atoms with Gasteiger partial charge in [0.15, 0.2) is 11.5 Å². The number of nitrogens with one attached hydrogen (secondary N) is 1. The van der Waals surface area contributed by atoms with Gasteiger partial charge in [-0.05, 0) is 54.0 Å². The Kier molecular flexibility index (Phi) is 4.92. The highest BCUT2D eigenvalue weighted by atomic mass is 32.2. The third-order valence-corrected chi connectivity index (χ3v) is 11.1. The molecule has 0 spiro atoms. The molecule has 2 aromatic carbocycles. The van der Waals surface area contributed by atoms with E-state index in [-0.39, 0.29) is 57.4 Å². The normalized spacial score (nSPS) is 31.8. The summed E-state index contributed by atoms with van der Waals surface area (Å²) in [4.78, 5) is 45.2. The molecule has 7 rings (SSSR count). The number of aromatic nitrogens is 1. The molecule has 9 heteroatoms. The summed E-state index contributed by atoms with van der Waals surface area (Å²) in [5.74, 6) is 0.780. The highest BCUT2D eigenvalue weighted by Gasteiger charge is 2.69. The van der Waals surface area contributed by atoms with Gasteiger partial charge in [0.05, 0.1) is 36.8 Å². The highest BCUT2D eigenvalue weighted by molar-refractivity contribution is 8.00. The summed E-state index contributed by atoms with van der Waals surface area (Å²) < 4.78 is 11.1. The number of rotatable bonds is 4. The van der Waals surface area contributed by atoms with Crippen molar-refractivity contribution in [2.45, 2.75) is 22.6 Å². The minimum atomic E-state index is -0.315. The number of hydrogen-bond acceptors (Lipinski definition) is 7. The molecule has 2 amide bonds. The van der Waals surface area contributed by atoms with Gasteiger partial charge in [-0.1, -0.05) is 35.6 Å². The van der Waals surface area contributed by atoms with Crippen molar-refractivity contribution in [2.24, 2.45) is 29.6 Å². The van der Waals surface area contributed by atoms with E-state index in [4.69, 9.17) is 9.47 Å². The number of para-hydroxylation sites is 1. The quantitative estimate of drug-likeness (QED) is 0.521. The Balaban J connectivity index is 1.34. The standard InChI is InChI=1S/C27H24N2O5S2/c1-33-16-9-8-12(10-17(16)34-2)18-19-14-11-15(22(19)35-24-23(18)36-27(32)28-24)21-20(14)25(30)29(26(21)31)13-6-4-3-5-7-13/h3-10,14-15,18-22H,11H2,1-2H3,(H,28,32)/t14-,15+,18+,19-,20+,21-,22-/m1/s1. The molecule has 1 N–H and O–H groups in total. The number of thiazole rings is 1. The van der Waals surface area contributed by atoms with Crippen molar-refractivity contribution in [3.8, 4) is 11.5 Å². The lowest BCUT2D eigenvalue weighted by Crippen LogP contribution is -2.42. The molecular formula is C27H24N2O5S2. The van der Waals surface area contributed by atoms with Crippen LogP contribution in [0.15, 0.2) is 58.4 Å². The lowest BCUT2D eigenvalue weighted by molar-refractivity contribution is -0.123. The van der Waals surface area contributed by atoms with E-state index in [2.05, 4.69) is 4.98 Å². The van der Waals surface area contributed by atoms with Gasteiger partial charge in [0, 0.05) is 16.0 Å². The van der Waals surface area contributed by atoms with Gasteiger partial charge in [0.1, 0.15) is 0 Å². The molecule has 0 radical (unpaired) electrons. The van der Waals surface area contributed by atoms with Crippen LogP contribution in [0.3, 0.4) is 0 Å². The molecule has 7 atom stereocenters. The number of H-pyrrole nitrogens is 1. The average molecular weight is 521 g/mol. The molecule has 7 nitrogen and oxygen atoms in total. The summed E-state index contributed by atoms with van der Waals surface area (Å²) in [6.45, 7) is 0. The van der Waals surface area contributed by atoms with Gasteiger partial charge in [-0.15, -0.1) is 11.8 Å². The molecule has 0 unspecified atom stereocenters. The van der Waals surface area contributed by atoms with Crippen molar-refractivity contribution in [3.63, 3.8) is 0 Å². The predicted molar refractivity (Wildman–Crippen MR) is 137 cm³/mol. The summed E-state index contributed by atoms with van der Waals surface area (Å²) in [7, 11) is 3.22. The molecule has 2 aliphatic carbocycles. The second-order valence-corrected chi connectivity index (χ2v) is 12.1.